The second-order valence-electron chi connectivity index (χ2n) is 4.42. The molecule has 8 heteroatoms. The zero-order chi connectivity index (χ0) is 14.9. The Morgan fingerprint density at radius 1 is 1.50 bits per heavy atom. The van der Waals surface area contributed by atoms with Crippen LogP contribution in [0.3, 0.4) is 0 Å². The van der Waals surface area contributed by atoms with Crippen LogP contribution in [-0.2, 0) is 16.6 Å². The summed E-state index contributed by atoms with van der Waals surface area (Å²) in [6, 6.07) is 1.14. The van der Waals surface area contributed by atoms with Gasteiger partial charge in [-0.25, -0.2) is 9.59 Å². The Balaban J connectivity index is 2.02. The van der Waals surface area contributed by atoms with Gasteiger partial charge in [0, 0.05) is 30.8 Å². The monoisotopic (exact) mass is 343 g/mol. The summed E-state index contributed by atoms with van der Waals surface area (Å²) in [6.07, 6.45) is 0.691. The Morgan fingerprint density at radius 2 is 2.20 bits per heavy atom. The van der Waals surface area contributed by atoms with Crippen LogP contribution in [-0.4, -0.2) is 46.6 Å². The van der Waals surface area contributed by atoms with E-state index in [0.717, 1.165) is 9.37 Å². The van der Waals surface area contributed by atoms with Gasteiger partial charge in [0.1, 0.15) is 5.69 Å². The summed E-state index contributed by atoms with van der Waals surface area (Å²) in [5.74, 6) is -1.14. The molecule has 3 amide bonds. The number of carbonyl (C=O) groups is 3. The molecular formula is C12H14BrN3O4. The minimum Gasteiger partial charge on any atom is -0.448 e. The Morgan fingerprint density at radius 3 is 2.70 bits per heavy atom. The van der Waals surface area contributed by atoms with E-state index in [-0.39, 0.29) is 6.54 Å². The summed E-state index contributed by atoms with van der Waals surface area (Å²) < 4.78 is 7.43. The molecular weight excluding hydrogens is 330 g/mol. The molecule has 0 saturated carbocycles. The van der Waals surface area contributed by atoms with Crippen LogP contribution in [0.15, 0.2) is 16.7 Å². The first kappa shape index (κ1) is 14.6. The fourth-order valence-corrected chi connectivity index (χ4v) is 2.42. The number of esters is 1. The van der Waals surface area contributed by atoms with Gasteiger partial charge in [-0.2, -0.15) is 0 Å². The van der Waals surface area contributed by atoms with Crippen molar-refractivity contribution >= 4 is 33.8 Å². The van der Waals surface area contributed by atoms with E-state index in [4.69, 9.17) is 4.74 Å². The number of nitrogens with zero attached hydrogens (tertiary/aromatic N) is 2. The topological polar surface area (TPSA) is 80.6 Å². The van der Waals surface area contributed by atoms with Crippen LogP contribution in [0.25, 0.3) is 0 Å². The third kappa shape index (κ3) is 2.84. The summed E-state index contributed by atoms with van der Waals surface area (Å²) in [5.41, 5.74) is 0.322. The number of hydrogen-bond acceptors (Lipinski definition) is 4. The van der Waals surface area contributed by atoms with Crippen LogP contribution < -0.4 is 5.32 Å². The first-order valence-electron chi connectivity index (χ1n) is 6.02. The van der Waals surface area contributed by atoms with E-state index >= 15 is 0 Å². The van der Waals surface area contributed by atoms with Crippen molar-refractivity contribution in [1.29, 1.82) is 0 Å². The van der Waals surface area contributed by atoms with Gasteiger partial charge in [-0.3, -0.25) is 9.69 Å². The highest BCUT2D eigenvalue weighted by Crippen LogP contribution is 2.15. The van der Waals surface area contributed by atoms with Gasteiger partial charge in [0.25, 0.3) is 5.91 Å². The predicted molar refractivity (Wildman–Crippen MR) is 73.1 cm³/mol. The number of imide groups is 1. The molecule has 0 aromatic carbocycles. The third-order valence-electron chi connectivity index (χ3n) is 2.94. The van der Waals surface area contributed by atoms with E-state index in [9.17, 15) is 14.4 Å². The molecule has 1 N–H and O–H groups in total. The van der Waals surface area contributed by atoms with Crippen molar-refractivity contribution in [2.24, 2.45) is 7.05 Å². The molecule has 1 saturated heterocycles. The van der Waals surface area contributed by atoms with Crippen LogP contribution in [0.4, 0.5) is 4.79 Å². The minimum atomic E-state index is -1.01. The summed E-state index contributed by atoms with van der Waals surface area (Å²) in [6.45, 7) is 2.15. The highest BCUT2D eigenvalue weighted by Gasteiger charge is 2.32. The van der Waals surface area contributed by atoms with Gasteiger partial charge in [-0.05, 0) is 28.9 Å². The lowest BCUT2D eigenvalue weighted by atomic mass is 10.3. The predicted octanol–water partition coefficient (Wildman–Crippen LogP) is 0.885. The lowest BCUT2D eigenvalue weighted by Gasteiger charge is -2.18. The smallest absolute Gasteiger partial charge is 0.355 e. The van der Waals surface area contributed by atoms with E-state index in [2.05, 4.69) is 21.2 Å². The van der Waals surface area contributed by atoms with Gasteiger partial charge in [-0.1, -0.05) is 0 Å². The van der Waals surface area contributed by atoms with Crippen molar-refractivity contribution in [3.63, 3.8) is 0 Å². The minimum absolute atomic E-state index is 0.287. The molecule has 1 aliphatic rings. The second-order valence-corrected chi connectivity index (χ2v) is 5.34. The zero-order valence-electron chi connectivity index (χ0n) is 11.1. The summed E-state index contributed by atoms with van der Waals surface area (Å²) >= 11 is 3.25. The van der Waals surface area contributed by atoms with Crippen molar-refractivity contribution in [1.82, 2.24) is 14.8 Å². The van der Waals surface area contributed by atoms with Gasteiger partial charge in [0.15, 0.2) is 6.10 Å². The number of urea groups is 1. The van der Waals surface area contributed by atoms with Crippen molar-refractivity contribution in [3.05, 3.63) is 22.4 Å². The van der Waals surface area contributed by atoms with Gasteiger partial charge >= 0.3 is 12.0 Å². The maximum atomic E-state index is 12.0. The second kappa shape index (κ2) is 5.66. The van der Waals surface area contributed by atoms with Crippen LogP contribution in [0.2, 0.25) is 0 Å². The molecule has 20 heavy (non-hydrogen) atoms. The highest BCUT2D eigenvalue weighted by atomic mass is 79.9. The van der Waals surface area contributed by atoms with Crippen LogP contribution in [0, 0.1) is 0 Å². The highest BCUT2D eigenvalue weighted by molar-refractivity contribution is 9.10. The van der Waals surface area contributed by atoms with Crippen molar-refractivity contribution in [2.75, 3.05) is 13.1 Å². The number of carbonyl (C=O) groups excluding carboxylic acids is 3. The first-order chi connectivity index (χ1) is 9.40. The van der Waals surface area contributed by atoms with E-state index in [0.29, 0.717) is 12.2 Å². The Kier molecular flexibility index (Phi) is 4.12. The number of amides is 3. The van der Waals surface area contributed by atoms with E-state index < -0.39 is 24.0 Å². The Bertz CT molecular complexity index is 569. The number of hydrogen-bond donors (Lipinski definition) is 1. The van der Waals surface area contributed by atoms with Crippen molar-refractivity contribution < 1.29 is 19.1 Å². The van der Waals surface area contributed by atoms with Crippen molar-refractivity contribution in [3.8, 4) is 0 Å². The normalized spacial score (nSPS) is 15.9. The standard InChI is InChI=1S/C12H14BrN3O4/c1-7(10(17)16-4-3-14-12(16)19)20-11(18)9-5-8(13)6-15(9)2/h5-7H,3-4H2,1-2H3,(H,14,19)/t7-/m0/s1. The summed E-state index contributed by atoms with van der Waals surface area (Å²) in [4.78, 5) is 36.4. The molecule has 0 aliphatic carbocycles. The molecule has 0 bridgehead atoms. The number of aryl methyl sites for hydroxylation is 1. The molecule has 0 spiro atoms. The molecule has 1 aromatic rings. The average molecular weight is 344 g/mol. The van der Waals surface area contributed by atoms with Crippen molar-refractivity contribution in [2.45, 2.75) is 13.0 Å². The molecule has 0 radical (unpaired) electrons. The number of aromatic nitrogens is 1. The average Bonchev–Trinajstić information content (AvgIpc) is 2.94. The lowest BCUT2D eigenvalue weighted by molar-refractivity contribution is -0.136. The number of halogens is 1. The molecule has 1 fully saturated rings. The van der Waals surface area contributed by atoms with Gasteiger partial charge in [0.05, 0.1) is 0 Å². The molecule has 108 valence electrons. The fraction of sp³-hybridized carbons (Fsp3) is 0.417. The van der Waals surface area contributed by atoms with E-state index in [1.54, 1.807) is 23.9 Å². The maximum Gasteiger partial charge on any atom is 0.355 e. The summed E-state index contributed by atoms with van der Waals surface area (Å²) in [7, 11) is 1.70. The van der Waals surface area contributed by atoms with Crippen LogP contribution in [0.5, 0.6) is 0 Å². The molecule has 2 rings (SSSR count). The quantitative estimate of drug-likeness (QED) is 0.826. The van der Waals surface area contributed by atoms with Gasteiger partial charge in [0.2, 0.25) is 0 Å². The Hall–Kier alpha value is -1.83. The van der Waals surface area contributed by atoms with E-state index in [1.165, 1.54) is 6.92 Å². The first-order valence-corrected chi connectivity index (χ1v) is 6.81. The number of rotatable bonds is 3. The molecule has 2 heterocycles. The molecule has 1 aliphatic heterocycles. The lowest BCUT2D eigenvalue weighted by Crippen LogP contribution is -2.41. The van der Waals surface area contributed by atoms with Crippen LogP contribution >= 0.6 is 15.9 Å². The zero-order valence-corrected chi connectivity index (χ0v) is 12.6. The largest absolute Gasteiger partial charge is 0.448 e. The van der Waals surface area contributed by atoms with Crippen LogP contribution in [0.1, 0.15) is 17.4 Å². The molecule has 1 atom stereocenters. The SMILES string of the molecule is C[C@H](OC(=O)c1cc(Br)cn1C)C(=O)N1CCNC1=O. The Labute approximate surface area is 124 Å². The third-order valence-corrected chi connectivity index (χ3v) is 3.37. The molecule has 0 unspecified atom stereocenters. The number of ether oxygens (including phenoxy) is 1. The number of nitrogens with one attached hydrogen (secondary N) is 1. The fourth-order valence-electron chi connectivity index (χ4n) is 1.90. The maximum absolute atomic E-state index is 12.0. The van der Waals surface area contributed by atoms with Gasteiger partial charge < -0.3 is 14.6 Å². The molecule has 1 aromatic heterocycles. The van der Waals surface area contributed by atoms with E-state index in [1.807, 2.05) is 0 Å². The summed E-state index contributed by atoms with van der Waals surface area (Å²) in [5, 5.41) is 2.52. The van der Waals surface area contributed by atoms with Gasteiger partial charge in [-0.15, -0.1) is 0 Å². The molecule has 7 nitrogen and oxygen atoms in total.